The molecular weight excluding hydrogens is 200 g/mol. The Morgan fingerprint density at radius 2 is 1.91 bits per heavy atom. The largest absolute Gasteiger partial charge is 0.120 e. The lowest BCUT2D eigenvalue weighted by molar-refractivity contribution is 0.231. The molecule has 62 valence electrons. The van der Waals surface area contributed by atoms with Crippen LogP contribution in [-0.4, -0.2) is 5.33 Å². The Labute approximate surface area is 77.9 Å². The van der Waals surface area contributed by atoms with Gasteiger partial charge in [-0.25, -0.2) is 0 Å². The Bertz CT molecular complexity index is 149. The fourth-order valence-corrected chi connectivity index (χ4v) is 2.63. The molecule has 0 nitrogen and oxygen atoms in total. The molecule has 0 atom stereocenters. The van der Waals surface area contributed by atoms with Crippen LogP contribution >= 0.6 is 15.9 Å². The van der Waals surface area contributed by atoms with Crippen LogP contribution in [0.15, 0.2) is 0 Å². The molecule has 0 aliphatic heterocycles. The molecular formula is C10H15Br. The van der Waals surface area contributed by atoms with Gasteiger partial charge < -0.3 is 0 Å². The Morgan fingerprint density at radius 1 is 1.27 bits per heavy atom. The molecule has 1 heteroatoms. The van der Waals surface area contributed by atoms with Gasteiger partial charge in [0.05, 0.1) is 0 Å². The first kappa shape index (κ1) is 9.13. The second-order valence-electron chi connectivity index (χ2n) is 3.58. The van der Waals surface area contributed by atoms with Gasteiger partial charge in [0, 0.05) is 11.8 Å². The van der Waals surface area contributed by atoms with Crippen LogP contribution in [0.5, 0.6) is 0 Å². The molecule has 0 heterocycles. The predicted molar refractivity (Wildman–Crippen MR) is 52.8 cm³/mol. The first-order valence-electron chi connectivity index (χ1n) is 4.32. The zero-order valence-electron chi connectivity index (χ0n) is 6.91. The third-order valence-corrected chi connectivity index (χ3v) is 3.86. The summed E-state index contributed by atoms with van der Waals surface area (Å²) in [6, 6.07) is 0. The molecule has 1 fully saturated rings. The van der Waals surface area contributed by atoms with Gasteiger partial charge >= 0.3 is 0 Å². The summed E-state index contributed by atoms with van der Waals surface area (Å²) in [4.78, 5) is 0. The molecule has 1 saturated carbocycles. The van der Waals surface area contributed by atoms with Gasteiger partial charge in [-0.05, 0) is 18.3 Å². The van der Waals surface area contributed by atoms with Gasteiger partial charge in [0.2, 0.25) is 0 Å². The quantitative estimate of drug-likeness (QED) is 0.489. The highest BCUT2D eigenvalue weighted by Crippen LogP contribution is 2.40. The third kappa shape index (κ3) is 2.24. The summed E-state index contributed by atoms with van der Waals surface area (Å²) in [5, 5.41) is 1.09. The maximum absolute atomic E-state index is 5.35. The molecule has 0 aromatic heterocycles. The number of hydrogen-bond donors (Lipinski definition) is 0. The molecule has 0 amide bonds. The standard InChI is InChI=1S/C10H15Br/c1-2-6-10(9-11)7-4-3-5-8-10/h1H,3-9H2. The first-order valence-corrected chi connectivity index (χ1v) is 5.45. The van der Waals surface area contributed by atoms with Crippen LogP contribution in [0, 0.1) is 17.8 Å². The van der Waals surface area contributed by atoms with E-state index in [-0.39, 0.29) is 0 Å². The summed E-state index contributed by atoms with van der Waals surface area (Å²) >= 11 is 3.57. The van der Waals surface area contributed by atoms with E-state index in [1.807, 2.05) is 0 Å². The van der Waals surface area contributed by atoms with E-state index in [0.717, 1.165) is 11.8 Å². The Morgan fingerprint density at radius 3 is 2.36 bits per heavy atom. The Hall–Kier alpha value is 0.0400. The van der Waals surface area contributed by atoms with E-state index >= 15 is 0 Å². The van der Waals surface area contributed by atoms with Crippen LogP contribution in [-0.2, 0) is 0 Å². The first-order chi connectivity index (χ1) is 5.33. The van der Waals surface area contributed by atoms with Crippen molar-refractivity contribution in [3.63, 3.8) is 0 Å². The van der Waals surface area contributed by atoms with Crippen LogP contribution in [0.3, 0.4) is 0 Å². The van der Waals surface area contributed by atoms with Crippen LogP contribution < -0.4 is 0 Å². The van der Waals surface area contributed by atoms with Crippen molar-refractivity contribution in [3.8, 4) is 12.3 Å². The molecule has 0 aromatic carbocycles. The van der Waals surface area contributed by atoms with E-state index in [9.17, 15) is 0 Å². The topological polar surface area (TPSA) is 0 Å². The second kappa shape index (κ2) is 4.16. The second-order valence-corrected chi connectivity index (χ2v) is 4.14. The normalized spacial score (nSPS) is 22.5. The molecule has 1 aliphatic carbocycles. The summed E-state index contributed by atoms with van der Waals surface area (Å²) in [7, 11) is 0. The highest BCUT2D eigenvalue weighted by molar-refractivity contribution is 9.09. The lowest BCUT2D eigenvalue weighted by atomic mass is 9.74. The van der Waals surface area contributed by atoms with Crippen LogP contribution in [0.2, 0.25) is 0 Å². The minimum atomic E-state index is 0.451. The molecule has 1 rings (SSSR count). The Kier molecular flexibility index (Phi) is 3.45. The van der Waals surface area contributed by atoms with Crippen molar-refractivity contribution in [1.82, 2.24) is 0 Å². The minimum absolute atomic E-state index is 0.451. The van der Waals surface area contributed by atoms with E-state index in [4.69, 9.17) is 6.42 Å². The van der Waals surface area contributed by atoms with Crippen molar-refractivity contribution >= 4 is 15.9 Å². The van der Waals surface area contributed by atoms with E-state index < -0.39 is 0 Å². The smallest absolute Gasteiger partial charge is 0.0151 e. The highest BCUT2D eigenvalue weighted by atomic mass is 79.9. The highest BCUT2D eigenvalue weighted by Gasteiger charge is 2.29. The van der Waals surface area contributed by atoms with E-state index in [0.29, 0.717) is 5.41 Å². The van der Waals surface area contributed by atoms with Crippen LogP contribution in [0.4, 0.5) is 0 Å². The third-order valence-electron chi connectivity index (χ3n) is 2.67. The maximum Gasteiger partial charge on any atom is 0.0151 e. The van der Waals surface area contributed by atoms with E-state index in [1.54, 1.807) is 0 Å². The van der Waals surface area contributed by atoms with Crippen molar-refractivity contribution in [2.24, 2.45) is 5.41 Å². The van der Waals surface area contributed by atoms with Gasteiger partial charge in [-0.3, -0.25) is 0 Å². The molecule has 1 aliphatic rings. The predicted octanol–water partition coefficient (Wildman–Crippen LogP) is 3.36. The van der Waals surface area contributed by atoms with Gasteiger partial charge in [-0.15, -0.1) is 12.3 Å². The van der Waals surface area contributed by atoms with Gasteiger partial charge in [0.1, 0.15) is 0 Å². The van der Waals surface area contributed by atoms with Crippen molar-refractivity contribution < 1.29 is 0 Å². The molecule has 11 heavy (non-hydrogen) atoms. The van der Waals surface area contributed by atoms with Gasteiger partial charge in [0.15, 0.2) is 0 Å². The van der Waals surface area contributed by atoms with Crippen molar-refractivity contribution in [2.45, 2.75) is 38.5 Å². The lowest BCUT2D eigenvalue weighted by Crippen LogP contribution is -2.25. The summed E-state index contributed by atoms with van der Waals surface area (Å²) in [6.45, 7) is 0. The number of hydrogen-bond acceptors (Lipinski definition) is 0. The molecule has 0 saturated heterocycles. The monoisotopic (exact) mass is 214 g/mol. The molecule has 0 bridgehead atoms. The van der Waals surface area contributed by atoms with Crippen molar-refractivity contribution in [3.05, 3.63) is 0 Å². The maximum atomic E-state index is 5.35. The average molecular weight is 215 g/mol. The number of alkyl halides is 1. The van der Waals surface area contributed by atoms with Gasteiger partial charge in [0.25, 0.3) is 0 Å². The van der Waals surface area contributed by atoms with Gasteiger partial charge in [-0.2, -0.15) is 0 Å². The van der Waals surface area contributed by atoms with E-state index in [1.165, 1.54) is 32.1 Å². The number of terminal acetylenes is 1. The van der Waals surface area contributed by atoms with Crippen LogP contribution in [0.25, 0.3) is 0 Å². The van der Waals surface area contributed by atoms with E-state index in [2.05, 4.69) is 21.9 Å². The average Bonchev–Trinajstić information content (AvgIpc) is 2.07. The van der Waals surface area contributed by atoms with Crippen molar-refractivity contribution in [2.75, 3.05) is 5.33 Å². The lowest BCUT2D eigenvalue weighted by Gasteiger charge is -2.33. The molecule has 0 unspecified atom stereocenters. The molecule has 0 aromatic rings. The van der Waals surface area contributed by atoms with Gasteiger partial charge in [-0.1, -0.05) is 35.2 Å². The van der Waals surface area contributed by atoms with Crippen molar-refractivity contribution in [1.29, 1.82) is 0 Å². The summed E-state index contributed by atoms with van der Waals surface area (Å²) in [6.07, 6.45) is 13.1. The SMILES string of the molecule is C#CCC1(CBr)CCCCC1. The molecule has 0 spiro atoms. The minimum Gasteiger partial charge on any atom is -0.120 e. The molecule has 0 radical (unpaired) electrons. The molecule has 0 N–H and O–H groups in total. The fourth-order valence-electron chi connectivity index (χ4n) is 1.88. The number of halogens is 1. The zero-order valence-corrected chi connectivity index (χ0v) is 8.49. The summed E-state index contributed by atoms with van der Waals surface area (Å²) in [5.41, 5.74) is 0.451. The number of rotatable bonds is 2. The van der Waals surface area contributed by atoms with Crippen LogP contribution in [0.1, 0.15) is 38.5 Å². The fraction of sp³-hybridized carbons (Fsp3) is 0.800. The summed E-state index contributed by atoms with van der Waals surface area (Å²) < 4.78 is 0. The summed E-state index contributed by atoms with van der Waals surface area (Å²) in [5.74, 6) is 2.80. The zero-order chi connectivity index (χ0) is 8.16. The Balaban J connectivity index is 2.51.